The van der Waals surface area contributed by atoms with E-state index in [0.29, 0.717) is 5.69 Å². The first-order valence-electron chi connectivity index (χ1n) is 6.62. The lowest BCUT2D eigenvalue weighted by Crippen LogP contribution is -2.12. The first-order chi connectivity index (χ1) is 9.47. The van der Waals surface area contributed by atoms with Crippen LogP contribution in [0.1, 0.15) is 26.3 Å². The molecule has 4 nitrogen and oxygen atoms in total. The Balaban J connectivity index is 2.19. The molecule has 0 radical (unpaired) electrons. The third-order valence-corrected chi connectivity index (χ3v) is 3.32. The fourth-order valence-corrected chi connectivity index (χ4v) is 2.27. The fourth-order valence-electron chi connectivity index (χ4n) is 2.27. The van der Waals surface area contributed by atoms with Crippen molar-refractivity contribution >= 4 is 11.0 Å². The van der Waals surface area contributed by atoms with Crippen LogP contribution in [-0.2, 0) is 5.41 Å². The van der Waals surface area contributed by atoms with Gasteiger partial charge in [-0.25, -0.2) is 0 Å². The Morgan fingerprint density at radius 1 is 0.900 bits per heavy atom. The van der Waals surface area contributed by atoms with Crippen LogP contribution in [0.15, 0.2) is 42.5 Å². The zero-order valence-electron chi connectivity index (χ0n) is 11.8. The van der Waals surface area contributed by atoms with Crippen molar-refractivity contribution in [3.63, 3.8) is 0 Å². The van der Waals surface area contributed by atoms with Gasteiger partial charge in [-0.1, -0.05) is 45.0 Å². The number of aromatic nitrogens is 3. The molecule has 102 valence electrons. The summed E-state index contributed by atoms with van der Waals surface area (Å²) in [6, 6.07) is 13.3. The molecule has 0 aliphatic rings. The number of phenols is 1. The molecule has 1 heterocycles. The van der Waals surface area contributed by atoms with Gasteiger partial charge in [-0.05, 0) is 23.6 Å². The summed E-state index contributed by atoms with van der Waals surface area (Å²) in [5, 5.41) is 19.3. The normalized spacial score (nSPS) is 11.9. The molecule has 0 saturated heterocycles. The Morgan fingerprint density at radius 2 is 1.50 bits per heavy atom. The number of rotatable bonds is 1. The minimum absolute atomic E-state index is 0.132. The molecule has 1 N–H and O–H groups in total. The predicted molar refractivity (Wildman–Crippen MR) is 79.2 cm³/mol. The Kier molecular flexibility index (Phi) is 2.74. The summed E-state index contributed by atoms with van der Waals surface area (Å²) in [6.45, 7) is 6.20. The first-order valence-corrected chi connectivity index (χ1v) is 6.62. The van der Waals surface area contributed by atoms with Crippen molar-refractivity contribution in [1.29, 1.82) is 0 Å². The summed E-state index contributed by atoms with van der Waals surface area (Å²) >= 11 is 0. The van der Waals surface area contributed by atoms with Gasteiger partial charge in [0, 0.05) is 5.56 Å². The second-order valence-corrected chi connectivity index (χ2v) is 5.90. The molecule has 1 aromatic heterocycles. The summed E-state index contributed by atoms with van der Waals surface area (Å²) in [7, 11) is 0. The molecule has 2 aromatic carbocycles. The van der Waals surface area contributed by atoms with E-state index in [4.69, 9.17) is 0 Å². The lowest BCUT2D eigenvalue weighted by atomic mass is 9.86. The van der Waals surface area contributed by atoms with Gasteiger partial charge in [0.1, 0.15) is 22.5 Å². The minimum atomic E-state index is -0.132. The minimum Gasteiger partial charge on any atom is -0.505 e. The molecular weight excluding hydrogens is 250 g/mol. The highest BCUT2D eigenvalue weighted by Crippen LogP contribution is 2.34. The molecule has 0 saturated carbocycles. The monoisotopic (exact) mass is 267 g/mol. The standard InChI is InChI=1S/C16H17N3O/c1-16(2,3)11-7-6-10-14(15(11)20)19-17-12-8-4-5-9-13(12)18-19/h4-10,20H,1-3H3. The largest absolute Gasteiger partial charge is 0.505 e. The van der Waals surface area contributed by atoms with Gasteiger partial charge in [-0.15, -0.1) is 15.0 Å². The van der Waals surface area contributed by atoms with Gasteiger partial charge in [-0.2, -0.15) is 0 Å². The highest BCUT2D eigenvalue weighted by atomic mass is 16.3. The molecule has 0 unspecified atom stereocenters. The molecule has 0 amide bonds. The zero-order chi connectivity index (χ0) is 14.3. The maximum atomic E-state index is 10.5. The van der Waals surface area contributed by atoms with Crippen LogP contribution >= 0.6 is 0 Å². The number of phenolic OH excluding ortho intramolecular Hbond substituents is 1. The number of hydrogen-bond acceptors (Lipinski definition) is 3. The summed E-state index contributed by atoms with van der Waals surface area (Å²) in [4.78, 5) is 1.50. The average molecular weight is 267 g/mol. The molecule has 20 heavy (non-hydrogen) atoms. The highest BCUT2D eigenvalue weighted by molar-refractivity contribution is 5.73. The average Bonchev–Trinajstić information content (AvgIpc) is 2.81. The molecule has 0 aliphatic heterocycles. The van der Waals surface area contributed by atoms with Gasteiger partial charge in [0.2, 0.25) is 0 Å². The number of nitrogens with zero attached hydrogens (tertiary/aromatic N) is 3. The Morgan fingerprint density at radius 3 is 2.05 bits per heavy atom. The van der Waals surface area contributed by atoms with Gasteiger partial charge in [0.15, 0.2) is 0 Å². The van der Waals surface area contributed by atoms with E-state index in [-0.39, 0.29) is 11.2 Å². The van der Waals surface area contributed by atoms with Crippen molar-refractivity contribution in [2.45, 2.75) is 26.2 Å². The van der Waals surface area contributed by atoms with E-state index in [9.17, 15) is 5.11 Å². The number of aromatic hydroxyl groups is 1. The van der Waals surface area contributed by atoms with Crippen LogP contribution in [0.2, 0.25) is 0 Å². The van der Waals surface area contributed by atoms with Crippen molar-refractivity contribution < 1.29 is 5.11 Å². The van der Waals surface area contributed by atoms with Crippen molar-refractivity contribution in [2.75, 3.05) is 0 Å². The predicted octanol–water partition coefficient (Wildman–Crippen LogP) is 3.42. The molecule has 0 aliphatic carbocycles. The SMILES string of the molecule is CC(C)(C)c1cccc(-n2nc3ccccc3n2)c1O. The van der Waals surface area contributed by atoms with Gasteiger partial charge in [0.25, 0.3) is 0 Å². The van der Waals surface area contributed by atoms with E-state index >= 15 is 0 Å². The van der Waals surface area contributed by atoms with Gasteiger partial charge >= 0.3 is 0 Å². The molecule has 0 spiro atoms. The maximum Gasteiger partial charge on any atom is 0.146 e. The van der Waals surface area contributed by atoms with Crippen molar-refractivity contribution in [2.24, 2.45) is 0 Å². The van der Waals surface area contributed by atoms with Crippen LogP contribution in [0.5, 0.6) is 5.75 Å². The van der Waals surface area contributed by atoms with Gasteiger partial charge in [-0.3, -0.25) is 0 Å². The smallest absolute Gasteiger partial charge is 0.146 e. The number of fused-ring (bicyclic) bond motifs is 1. The van der Waals surface area contributed by atoms with Gasteiger partial charge < -0.3 is 5.11 Å². The quantitative estimate of drug-likeness (QED) is 0.735. The summed E-state index contributed by atoms with van der Waals surface area (Å²) in [6.07, 6.45) is 0. The summed E-state index contributed by atoms with van der Waals surface area (Å²) in [5.41, 5.74) is 2.98. The summed E-state index contributed by atoms with van der Waals surface area (Å²) in [5.74, 6) is 0.236. The van der Waals surface area contributed by atoms with Crippen molar-refractivity contribution in [3.05, 3.63) is 48.0 Å². The third-order valence-electron chi connectivity index (χ3n) is 3.32. The van der Waals surface area contributed by atoms with E-state index in [1.54, 1.807) is 0 Å². The molecule has 3 aromatic rings. The van der Waals surface area contributed by atoms with Crippen LogP contribution in [-0.4, -0.2) is 20.1 Å². The van der Waals surface area contributed by atoms with E-state index in [1.165, 1.54) is 4.80 Å². The summed E-state index contributed by atoms with van der Waals surface area (Å²) < 4.78 is 0. The van der Waals surface area contributed by atoms with E-state index in [0.717, 1.165) is 16.6 Å². The van der Waals surface area contributed by atoms with Crippen LogP contribution in [0, 0.1) is 0 Å². The van der Waals surface area contributed by atoms with E-state index in [2.05, 4.69) is 31.0 Å². The molecule has 4 heteroatoms. The molecule has 3 rings (SSSR count). The third kappa shape index (κ3) is 2.03. The van der Waals surface area contributed by atoms with Crippen LogP contribution in [0.4, 0.5) is 0 Å². The van der Waals surface area contributed by atoms with Crippen LogP contribution in [0.3, 0.4) is 0 Å². The number of hydrogen-bond donors (Lipinski definition) is 1. The fraction of sp³-hybridized carbons (Fsp3) is 0.250. The maximum absolute atomic E-state index is 10.5. The highest BCUT2D eigenvalue weighted by Gasteiger charge is 2.21. The first kappa shape index (κ1) is 12.7. The second-order valence-electron chi connectivity index (χ2n) is 5.90. The Bertz CT molecular complexity index is 736. The Labute approximate surface area is 117 Å². The number of benzene rings is 2. The van der Waals surface area contributed by atoms with Crippen molar-refractivity contribution in [3.8, 4) is 11.4 Å². The van der Waals surface area contributed by atoms with E-state index in [1.807, 2.05) is 42.5 Å². The molecular formula is C16H17N3O. The van der Waals surface area contributed by atoms with Crippen molar-refractivity contribution in [1.82, 2.24) is 15.0 Å². The lowest BCUT2D eigenvalue weighted by Gasteiger charge is -2.21. The van der Waals surface area contributed by atoms with Gasteiger partial charge in [0.05, 0.1) is 0 Å². The topological polar surface area (TPSA) is 50.9 Å². The lowest BCUT2D eigenvalue weighted by molar-refractivity contribution is 0.440. The zero-order valence-corrected chi connectivity index (χ0v) is 11.8. The molecule has 0 bridgehead atoms. The second kappa shape index (κ2) is 4.34. The Hall–Kier alpha value is -2.36. The molecule has 0 fully saturated rings. The number of para-hydroxylation sites is 1. The van der Waals surface area contributed by atoms with E-state index < -0.39 is 0 Å². The van der Waals surface area contributed by atoms with Crippen LogP contribution in [0.25, 0.3) is 16.7 Å². The molecule has 0 atom stereocenters. The van der Waals surface area contributed by atoms with Crippen LogP contribution < -0.4 is 0 Å².